The second-order valence-electron chi connectivity index (χ2n) is 5.76. The maximum absolute atomic E-state index is 10.2. The Balaban J connectivity index is 0.000000350. The van der Waals surface area contributed by atoms with Gasteiger partial charge in [0.25, 0.3) is 0 Å². The lowest BCUT2D eigenvalue weighted by Gasteiger charge is -2.14. The van der Waals surface area contributed by atoms with Crippen molar-refractivity contribution in [1.82, 2.24) is 0 Å². The molecule has 0 unspecified atom stereocenters. The molecule has 0 fully saturated rings. The van der Waals surface area contributed by atoms with Crippen molar-refractivity contribution in [2.24, 2.45) is 0 Å². The van der Waals surface area contributed by atoms with E-state index in [1.807, 2.05) is 0 Å². The molecule has 0 atom stereocenters. The first-order valence-electron chi connectivity index (χ1n) is 7.59. The van der Waals surface area contributed by atoms with E-state index >= 15 is 0 Å². The normalized spacial score (nSPS) is 9.76. The summed E-state index contributed by atoms with van der Waals surface area (Å²) in [6, 6.07) is 16.6. The molecular formula is C18H24O5Si2. The van der Waals surface area contributed by atoms with E-state index in [-0.39, 0.29) is 0 Å². The molecule has 7 heteroatoms. The Bertz CT molecular complexity index is 575. The second kappa shape index (κ2) is 12.2. The second-order valence-corrected chi connectivity index (χ2v) is 11.2. The smallest absolute Gasteiger partial charge is 0.335 e. The van der Waals surface area contributed by atoms with Crippen molar-refractivity contribution in [3.63, 3.8) is 0 Å². The summed E-state index contributed by atoms with van der Waals surface area (Å²) in [4.78, 5) is 20.4. The molecule has 0 amide bonds. The van der Waals surface area contributed by atoms with Crippen LogP contribution in [-0.4, -0.2) is 40.2 Å². The molecule has 5 nitrogen and oxygen atoms in total. The molecule has 0 aliphatic heterocycles. The standard InChI is InChI=1S/2C7H6O2.C4H12OSi2/c2*8-7(9)6-4-2-1-3-5-6;1-6-5-7(2,3)4/h2*1-5H,(H,8,9);1-4H3. The van der Waals surface area contributed by atoms with Crippen LogP contribution in [-0.2, 0) is 4.12 Å². The van der Waals surface area contributed by atoms with E-state index in [0.717, 1.165) is 0 Å². The minimum absolute atomic E-state index is 0.331. The summed E-state index contributed by atoms with van der Waals surface area (Å²) < 4.78 is 5.40. The fraction of sp³-hybridized carbons (Fsp3) is 0.222. The average molecular weight is 377 g/mol. The van der Waals surface area contributed by atoms with E-state index in [2.05, 4.69) is 26.2 Å². The fourth-order valence-corrected chi connectivity index (χ4v) is 3.92. The van der Waals surface area contributed by atoms with Crippen LogP contribution >= 0.6 is 0 Å². The van der Waals surface area contributed by atoms with Gasteiger partial charge in [0.15, 0.2) is 8.32 Å². The summed E-state index contributed by atoms with van der Waals surface area (Å²) in [5.41, 5.74) is 0.662. The molecule has 2 rings (SSSR count). The highest BCUT2D eigenvalue weighted by molar-refractivity contribution is 6.73. The third-order valence-corrected chi connectivity index (χ3v) is 5.72. The first-order chi connectivity index (χ1) is 11.7. The molecule has 0 spiro atoms. The molecule has 2 N–H and O–H groups in total. The first kappa shape index (κ1) is 22.8. The maximum atomic E-state index is 10.2. The number of rotatable bonds is 4. The lowest BCUT2D eigenvalue weighted by atomic mass is 10.2. The van der Waals surface area contributed by atoms with Crippen LogP contribution in [0.25, 0.3) is 0 Å². The van der Waals surface area contributed by atoms with E-state index in [1.54, 1.807) is 60.7 Å². The monoisotopic (exact) mass is 376 g/mol. The highest BCUT2D eigenvalue weighted by Gasteiger charge is 2.11. The van der Waals surface area contributed by atoms with E-state index in [4.69, 9.17) is 14.3 Å². The van der Waals surface area contributed by atoms with Crippen LogP contribution in [0.2, 0.25) is 26.2 Å². The summed E-state index contributed by atoms with van der Waals surface area (Å²) in [5, 5.41) is 16.8. The highest BCUT2D eigenvalue weighted by Crippen LogP contribution is 1.99. The van der Waals surface area contributed by atoms with Gasteiger partial charge < -0.3 is 14.3 Å². The molecule has 0 aliphatic rings. The maximum Gasteiger partial charge on any atom is 0.335 e. The number of hydrogen-bond donors (Lipinski definition) is 2. The Morgan fingerprint density at radius 3 is 1.24 bits per heavy atom. The number of carboxylic acid groups (broad SMARTS) is 2. The van der Waals surface area contributed by atoms with E-state index in [0.29, 0.717) is 20.9 Å². The Kier molecular flexibility index (Phi) is 11.1. The van der Waals surface area contributed by atoms with Gasteiger partial charge >= 0.3 is 11.9 Å². The van der Waals surface area contributed by atoms with Crippen molar-refractivity contribution >= 4 is 30.0 Å². The van der Waals surface area contributed by atoms with Gasteiger partial charge in [-0.25, -0.2) is 9.59 Å². The van der Waals surface area contributed by atoms with Crippen LogP contribution in [0, 0.1) is 0 Å². The van der Waals surface area contributed by atoms with Crippen LogP contribution < -0.4 is 0 Å². The number of aromatic carboxylic acids is 2. The van der Waals surface area contributed by atoms with E-state index in [9.17, 15) is 9.59 Å². The molecule has 0 aromatic heterocycles. The molecule has 0 bridgehead atoms. The lowest BCUT2D eigenvalue weighted by molar-refractivity contribution is 0.0686. The summed E-state index contributed by atoms with van der Waals surface area (Å²) in [6.07, 6.45) is 0. The molecule has 0 aliphatic carbocycles. The van der Waals surface area contributed by atoms with Crippen LogP contribution in [0.15, 0.2) is 60.7 Å². The Hall–Kier alpha value is -2.23. The third-order valence-electron chi connectivity index (χ3n) is 2.45. The van der Waals surface area contributed by atoms with Crippen LogP contribution in [0.4, 0.5) is 0 Å². The molecule has 134 valence electrons. The quantitative estimate of drug-likeness (QED) is 0.778. The number of carboxylic acids is 2. The number of benzene rings is 2. The fourth-order valence-electron chi connectivity index (χ4n) is 1.47. The highest BCUT2D eigenvalue weighted by atomic mass is 28.4. The largest absolute Gasteiger partial charge is 0.478 e. The van der Waals surface area contributed by atoms with Crippen LogP contribution in [0.5, 0.6) is 0 Å². The summed E-state index contributed by atoms with van der Waals surface area (Å²) in [7, 11) is -0.474. The van der Waals surface area contributed by atoms with Crippen molar-refractivity contribution in [2.45, 2.75) is 26.2 Å². The number of carbonyl (C=O) groups is 2. The van der Waals surface area contributed by atoms with E-state index in [1.165, 1.54) is 0 Å². The number of hydrogen-bond acceptors (Lipinski definition) is 3. The Morgan fingerprint density at radius 2 is 1.12 bits per heavy atom. The van der Waals surface area contributed by atoms with Crippen molar-refractivity contribution in [1.29, 1.82) is 0 Å². The van der Waals surface area contributed by atoms with Crippen LogP contribution in [0.1, 0.15) is 20.7 Å². The molecular weight excluding hydrogens is 352 g/mol. The van der Waals surface area contributed by atoms with Crippen molar-refractivity contribution in [3.05, 3.63) is 71.8 Å². The molecule has 0 heterocycles. The Labute approximate surface area is 152 Å². The molecule has 0 saturated carbocycles. The average Bonchev–Trinajstić information content (AvgIpc) is 2.56. The molecule has 2 radical (unpaired) electrons. The van der Waals surface area contributed by atoms with Gasteiger partial charge in [-0.05, 0) is 50.5 Å². The first-order valence-corrected chi connectivity index (χ1v) is 12.4. The minimum atomic E-state index is -1.14. The summed E-state index contributed by atoms with van der Waals surface area (Å²) in [6.45, 7) is 8.66. The van der Waals surface area contributed by atoms with Gasteiger partial charge in [-0.2, -0.15) is 0 Å². The zero-order valence-electron chi connectivity index (χ0n) is 14.9. The van der Waals surface area contributed by atoms with Gasteiger partial charge in [0.1, 0.15) is 0 Å². The van der Waals surface area contributed by atoms with Gasteiger partial charge in [-0.1, -0.05) is 36.4 Å². The Morgan fingerprint density at radius 1 is 0.800 bits per heavy atom. The minimum Gasteiger partial charge on any atom is -0.478 e. The lowest BCUT2D eigenvalue weighted by Crippen LogP contribution is -2.26. The van der Waals surface area contributed by atoms with Gasteiger partial charge in [0, 0.05) is 0 Å². The van der Waals surface area contributed by atoms with Gasteiger partial charge in [0.2, 0.25) is 9.76 Å². The van der Waals surface area contributed by atoms with Crippen molar-refractivity contribution in [3.8, 4) is 0 Å². The molecule has 2 aromatic rings. The SMILES string of the molecule is C[Si]O[Si](C)(C)C.O=C(O)c1ccccc1.O=C(O)c1ccccc1. The summed E-state index contributed by atoms with van der Waals surface area (Å²) in [5.74, 6) is -1.76. The summed E-state index contributed by atoms with van der Waals surface area (Å²) >= 11 is 0. The van der Waals surface area contributed by atoms with E-state index < -0.39 is 20.3 Å². The molecule has 25 heavy (non-hydrogen) atoms. The van der Waals surface area contributed by atoms with Crippen LogP contribution in [0.3, 0.4) is 0 Å². The molecule has 2 aromatic carbocycles. The zero-order valence-corrected chi connectivity index (χ0v) is 16.9. The van der Waals surface area contributed by atoms with Gasteiger partial charge in [-0.15, -0.1) is 0 Å². The van der Waals surface area contributed by atoms with Crippen molar-refractivity contribution < 1.29 is 23.9 Å². The topological polar surface area (TPSA) is 83.8 Å². The predicted octanol–water partition coefficient (Wildman–Crippen LogP) is 4.27. The molecule has 0 saturated heterocycles. The van der Waals surface area contributed by atoms with Gasteiger partial charge in [0.05, 0.1) is 11.1 Å². The van der Waals surface area contributed by atoms with Crippen molar-refractivity contribution in [2.75, 3.05) is 0 Å². The third kappa shape index (κ3) is 12.8. The van der Waals surface area contributed by atoms with Gasteiger partial charge in [-0.3, -0.25) is 0 Å². The predicted molar refractivity (Wildman–Crippen MR) is 103 cm³/mol. The zero-order chi connectivity index (χ0) is 19.3.